The van der Waals surface area contributed by atoms with E-state index in [0.717, 1.165) is 11.1 Å². The molecule has 0 heterocycles. The van der Waals surface area contributed by atoms with E-state index in [4.69, 9.17) is 11.6 Å². The van der Waals surface area contributed by atoms with Crippen LogP contribution in [-0.4, -0.2) is 34.0 Å². The Morgan fingerprint density at radius 2 is 1.83 bits per heavy atom. The number of halogens is 1. The Labute approximate surface area is 143 Å². The maximum absolute atomic E-state index is 12.5. The van der Waals surface area contributed by atoms with Gasteiger partial charge in [0.1, 0.15) is 0 Å². The quantitative estimate of drug-likeness (QED) is 0.868. The number of nitrogens with zero attached hydrogens (tertiary/aromatic N) is 1. The molecule has 0 saturated carbocycles. The molecule has 0 aliphatic heterocycles. The van der Waals surface area contributed by atoms with Crippen molar-refractivity contribution in [2.24, 2.45) is 0 Å². The van der Waals surface area contributed by atoms with Crippen LogP contribution in [0.3, 0.4) is 0 Å². The van der Waals surface area contributed by atoms with Crippen LogP contribution in [0, 0.1) is 6.92 Å². The molecule has 0 amide bonds. The number of nitrogens with one attached hydrogen (secondary N) is 1. The topological polar surface area (TPSA) is 49.4 Å². The van der Waals surface area contributed by atoms with Crippen molar-refractivity contribution in [2.45, 2.75) is 17.9 Å². The van der Waals surface area contributed by atoms with Gasteiger partial charge in [0, 0.05) is 17.6 Å². The molecule has 0 radical (unpaired) electrons. The monoisotopic (exact) mass is 352 g/mol. The fourth-order valence-electron chi connectivity index (χ4n) is 2.37. The summed E-state index contributed by atoms with van der Waals surface area (Å²) < 4.78 is 27.6. The molecule has 6 heteroatoms. The van der Waals surface area contributed by atoms with E-state index in [2.05, 4.69) is 4.72 Å². The minimum atomic E-state index is -3.55. The Bertz CT molecular complexity index is 776. The van der Waals surface area contributed by atoms with Crippen LogP contribution in [0.1, 0.15) is 17.2 Å². The van der Waals surface area contributed by atoms with E-state index in [0.29, 0.717) is 5.02 Å². The fraction of sp³-hybridized carbons (Fsp3) is 0.294. The van der Waals surface area contributed by atoms with Crippen LogP contribution in [-0.2, 0) is 10.0 Å². The van der Waals surface area contributed by atoms with Gasteiger partial charge in [-0.2, -0.15) is 0 Å². The maximum atomic E-state index is 12.5. The predicted molar refractivity (Wildman–Crippen MR) is 94.2 cm³/mol. The van der Waals surface area contributed by atoms with Gasteiger partial charge in [-0.05, 0) is 50.3 Å². The summed E-state index contributed by atoms with van der Waals surface area (Å²) in [5.41, 5.74) is 1.80. The van der Waals surface area contributed by atoms with E-state index < -0.39 is 10.0 Å². The highest BCUT2D eigenvalue weighted by Gasteiger charge is 2.21. The molecule has 4 nitrogen and oxygen atoms in total. The first-order valence-electron chi connectivity index (χ1n) is 7.28. The molecule has 1 unspecified atom stereocenters. The average Bonchev–Trinajstić information content (AvgIpc) is 2.49. The molecule has 0 bridgehead atoms. The molecule has 2 aromatic carbocycles. The van der Waals surface area contributed by atoms with Crippen LogP contribution < -0.4 is 4.72 Å². The third kappa shape index (κ3) is 4.54. The van der Waals surface area contributed by atoms with Crippen LogP contribution in [0.25, 0.3) is 0 Å². The van der Waals surface area contributed by atoms with Gasteiger partial charge < -0.3 is 4.90 Å². The first-order chi connectivity index (χ1) is 10.8. The van der Waals surface area contributed by atoms with Gasteiger partial charge in [0.15, 0.2) is 0 Å². The Balaban J connectivity index is 2.21. The first-order valence-corrected chi connectivity index (χ1v) is 9.14. The molecule has 2 rings (SSSR count). The summed E-state index contributed by atoms with van der Waals surface area (Å²) >= 11 is 6.25. The van der Waals surface area contributed by atoms with E-state index in [1.165, 1.54) is 0 Å². The number of sulfonamides is 1. The second-order valence-electron chi connectivity index (χ2n) is 5.67. The SMILES string of the molecule is Cc1cccc(S(=O)(=O)NCC(c2ccccc2Cl)N(C)C)c1. The van der Waals surface area contributed by atoms with Crippen LogP contribution >= 0.6 is 11.6 Å². The lowest BCUT2D eigenvalue weighted by molar-refractivity contribution is 0.299. The second-order valence-corrected chi connectivity index (χ2v) is 7.84. The van der Waals surface area contributed by atoms with E-state index in [9.17, 15) is 8.42 Å². The lowest BCUT2D eigenvalue weighted by atomic mass is 10.1. The molecule has 0 saturated heterocycles. The van der Waals surface area contributed by atoms with Crippen LogP contribution in [0.4, 0.5) is 0 Å². The molecule has 0 aliphatic carbocycles. The summed E-state index contributed by atoms with van der Waals surface area (Å²) in [6.45, 7) is 2.11. The van der Waals surface area contributed by atoms with Crippen molar-refractivity contribution < 1.29 is 8.42 Å². The van der Waals surface area contributed by atoms with E-state index in [1.807, 2.05) is 56.3 Å². The number of likely N-dealkylation sites (N-methyl/N-ethyl adjacent to an activating group) is 1. The number of benzene rings is 2. The van der Waals surface area contributed by atoms with Crippen molar-refractivity contribution in [1.82, 2.24) is 9.62 Å². The highest BCUT2D eigenvalue weighted by Crippen LogP contribution is 2.26. The molecule has 1 atom stereocenters. The Morgan fingerprint density at radius 3 is 2.43 bits per heavy atom. The summed E-state index contributed by atoms with van der Waals surface area (Å²) in [7, 11) is 0.244. The second kappa shape index (κ2) is 7.45. The first kappa shape index (κ1) is 17.9. The molecule has 0 fully saturated rings. The lowest BCUT2D eigenvalue weighted by Gasteiger charge is -2.26. The predicted octanol–water partition coefficient (Wildman–Crippen LogP) is 3.23. The van der Waals surface area contributed by atoms with Crippen LogP contribution in [0.5, 0.6) is 0 Å². The molecule has 1 N–H and O–H groups in total. The Kier molecular flexibility index (Phi) is 5.81. The van der Waals surface area contributed by atoms with Crippen molar-refractivity contribution in [2.75, 3.05) is 20.6 Å². The highest BCUT2D eigenvalue weighted by molar-refractivity contribution is 7.89. The summed E-state index contributed by atoms with van der Waals surface area (Å²) in [6.07, 6.45) is 0. The third-order valence-electron chi connectivity index (χ3n) is 3.65. The Hall–Kier alpha value is -1.40. The minimum absolute atomic E-state index is 0.150. The van der Waals surface area contributed by atoms with Gasteiger partial charge >= 0.3 is 0 Å². The summed E-state index contributed by atoms with van der Waals surface area (Å²) in [4.78, 5) is 2.22. The highest BCUT2D eigenvalue weighted by atomic mass is 35.5. The molecule has 23 heavy (non-hydrogen) atoms. The maximum Gasteiger partial charge on any atom is 0.240 e. The van der Waals surface area contributed by atoms with E-state index >= 15 is 0 Å². The fourth-order valence-corrected chi connectivity index (χ4v) is 3.77. The standard InChI is InChI=1S/C17H21ClN2O2S/c1-13-7-6-8-14(11-13)23(21,22)19-12-17(20(2)3)15-9-4-5-10-16(15)18/h4-11,17,19H,12H2,1-3H3. The third-order valence-corrected chi connectivity index (χ3v) is 5.42. The normalized spacial score (nSPS) is 13.3. The van der Waals surface area contributed by atoms with Crippen molar-refractivity contribution >= 4 is 21.6 Å². The van der Waals surface area contributed by atoms with Gasteiger partial charge in [-0.1, -0.05) is 41.9 Å². The Morgan fingerprint density at radius 1 is 1.13 bits per heavy atom. The lowest BCUT2D eigenvalue weighted by Crippen LogP contribution is -2.34. The van der Waals surface area contributed by atoms with Crippen molar-refractivity contribution in [3.63, 3.8) is 0 Å². The largest absolute Gasteiger partial charge is 0.301 e. The minimum Gasteiger partial charge on any atom is -0.301 e. The molecule has 2 aromatic rings. The van der Waals surface area contributed by atoms with E-state index in [-0.39, 0.29) is 17.5 Å². The number of aryl methyl sites for hydroxylation is 1. The molecular formula is C17H21ClN2O2S. The van der Waals surface area contributed by atoms with Gasteiger partial charge in [-0.3, -0.25) is 0 Å². The summed E-state index contributed by atoms with van der Waals surface area (Å²) in [5, 5.41) is 0.626. The van der Waals surface area contributed by atoms with Gasteiger partial charge in [-0.25, -0.2) is 13.1 Å². The number of hydrogen-bond acceptors (Lipinski definition) is 3. The zero-order valence-electron chi connectivity index (χ0n) is 13.5. The average molecular weight is 353 g/mol. The number of hydrogen-bond donors (Lipinski definition) is 1. The molecular weight excluding hydrogens is 332 g/mol. The molecule has 0 aliphatic rings. The van der Waals surface area contributed by atoms with Gasteiger partial charge in [0.2, 0.25) is 10.0 Å². The van der Waals surface area contributed by atoms with Gasteiger partial charge in [0.25, 0.3) is 0 Å². The zero-order chi connectivity index (χ0) is 17.0. The van der Waals surface area contributed by atoms with Crippen molar-refractivity contribution in [1.29, 1.82) is 0 Å². The van der Waals surface area contributed by atoms with E-state index in [1.54, 1.807) is 18.2 Å². The van der Waals surface area contributed by atoms with Crippen molar-refractivity contribution in [3.8, 4) is 0 Å². The van der Waals surface area contributed by atoms with Gasteiger partial charge in [0.05, 0.1) is 4.90 Å². The smallest absolute Gasteiger partial charge is 0.240 e. The number of rotatable bonds is 6. The van der Waals surface area contributed by atoms with Crippen LogP contribution in [0.15, 0.2) is 53.4 Å². The van der Waals surface area contributed by atoms with Gasteiger partial charge in [-0.15, -0.1) is 0 Å². The summed E-state index contributed by atoms with van der Waals surface area (Å²) in [6, 6.07) is 14.2. The van der Waals surface area contributed by atoms with Crippen molar-refractivity contribution in [3.05, 3.63) is 64.7 Å². The molecule has 0 spiro atoms. The molecule has 0 aromatic heterocycles. The summed E-state index contributed by atoms with van der Waals surface area (Å²) in [5.74, 6) is 0. The van der Waals surface area contributed by atoms with Crippen LogP contribution in [0.2, 0.25) is 5.02 Å². The zero-order valence-corrected chi connectivity index (χ0v) is 15.0. The molecule has 124 valence electrons.